The molecule has 1 N–H and O–H groups in total. The fraction of sp³-hybridized carbons (Fsp3) is 0.789. The van der Waals surface area contributed by atoms with Gasteiger partial charge in [-0.25, -0.2) is 4.68 Å². The number of fused-ring (bicyclic) bond motifs is 1. The Bertz CT molecular complexity index is 641. The van der Waals surface area contributed by atoms with Crippen molar-refractivity contribution in [2.45, 2.75) is 70.2 Å². The Hall–Kier alpha value is -1.24. The van der Waals surface area contributed by atoms with E-state index in [4.69, 9.17) is 4.74 Å². The lowest BCUT2D eigenvalue weighted by molar-refractivity contribution is 0.107. The number of ether oxygens (including phenoxy) is 1. The summed E-state index contributed by atoms with van der Waals surface area (Å²) in [5.74, 6) is 0. The van der Waals surface area contributed by atoms with Crippen LogP contribution in [0.3, 0.4) is 0 Å². The van der Waals surface area contributed by atoms with Gasteiger partial charge < -0.3 is 10.1 Å². The largest absolute Gasteiger partial charge is 0.376 e. The Labute approximate surface area is 149 Å². The third kappa shape index (κ3) is 4.13. The summed E-state index contributed by atoms with van der Waals surface area (Å²) in [4.78, 5) is 14.9. The lowest BCUT2D eigenvalue weighted by Gasteiger charge is -2.38. The highest BCUT2D eigenvalue weighted by Gasteiger charge is 2.25. The van der Waals surface area contributed by atoms with Gasteiger partial charge in [-0.1, -0.05) is 12.8 Å². The summed E-state index contributed by atoms with van der Waals surface area (Å²) in [6.45, 7) is 5.07. The molecule has 2 aliphatic heterocycles. The van der Waals surface area contributed by atoms with Crippen LogP contribution < -0.4 is 10.9 Å². The number of piperidine rings is 1. The van der Waals surface area contributed by atoms with E-state index in [0.717, 1.165) is 43.4 Å². The number of aromatic nitrogens is 2. The van der Waals surface area contributed by atoms with Crippen LogP contribution in [-0.2, 0) is 24.3 Å². The number of hydrogen-bond acceptors (Lipinski definition) is 5. The number of nitrogens with one attached hydrogen (secondary N) is 1. The first-order chi connectivity index (χ1) is 12.3. The molecule has 3 aliphatic rings. The van der Waals surface area contributed by atoms with Crippen molar-refractivity contribution in [2.75, 3.05) is 26.2 Å². The van der Waals surface area contributed by atoms with Gasteiger partial charge in [0.1, 0.15) is 0 Å². The minimum absolute atomic E-state index is 0.00500. The molecule has 0 spiro atoms. The molecule has 4 rings (SSSR count). The van der Waals surface area contributed by atoms with E-state index < -0.39 is 0 Å². The first-order valence-electron chi connectivity index (χ1n) is 9.95. The van der Waals surface area contributed by atoms with Crippen LogP contribution in [-0.4, -0.2) is 53.0 Å². The van der Waals surface area contributed by atoms with Crippen LogP contribution in [0.2, 0.25) is 0 Å². The van der Waals surface area contributed by atoms with Gasteiger partial charge in [0.05, 0.1) is 25.5 Å². The fourth-order valence-electron chi connectivity index (χ4n) is 4.14. The molecule has 6 nitrogen and oxygen atoms in total. The fourth-order valence-corrected chi connectivity index (χ4v) is 4.14. The quantitative estimate of drug-likeness (QED) is 0.842. The molecule has 1 saturated carbocycles. The minimum Gasteiger partial charge on any atom is -0.376 e. The molecule has 1 unspecified atom stereocenters. The Balaban J connectivity index is 1.36. The minimum atomic E-state index is 0.00500. The topological polar surface area (TPSA) is 59.4 Å². The highest BCUT2D eigenvalue weighted by molar-refractivity contribution is 5.18. The van der Waals surface area contributed by atoms with Crippen molar-refractivity contribution in [3.63, 3.8) is 0 Å². The van der Waals surface area contributed by atoms with Crippen LogP contribution in [0.5, 0.6) is 0 Å². The van der Waals surface area contributed by atoms with E-state index >= 15 is 0 Å². The lowest BCUT2D eigenvalue weighted by atomic mass is 9.92. The van der Waals surface area contributed by atoms with Crippen molar-refractivity contribution < 1.29 is 4.74 Å². The van der Waals surface area contributed by atoms with E-state index in [1.54, 1.807) is 10.7 Å². The van der Waals surface area contributed by atoms with Gasteiger partial charge in [-0.05, 0) is 32.2 Å². The van der Waals surface area contributed by atoms with Crippen LogP contribution in [0.4, 0.5) is 0 Å². The highest BCUT2D eigenvalue weighted by Crippen LogP contribution is 2.20. The molecule has 0 aromatic carbocycles. The monoisotopic (exact) mass is 346 g/mol. The van der Waals surface area contributed by atoms with E-state index in [2.05, 4.69) is 15.3 Å². The normalized spacial score (nSPS) is 24.7. The molecule has 138 valence electrons. The van der Waals surface area contributed by atoms with Crippen LogP contribution >= 0.6 is 0 Å². The van der Waals surface area contributed by atoms with Crippen LogP contribution in [0.25, 0.3) is 0 Å². The number of hydrogen-bond donors (Lipinski definition) is 1. The maximum absolute atomic E-state index is 12.3. The molecule has 1 aromatic heterocycles. The van der Waals surface area contributed by atoms with Crippen LogP contribution in [0.15, 0.2) is 10.9 Å². The van der Waals surface area contributed by atoms with Gasteiger partial charge in [0.25, 0.3) is 5.56 Å². The molecule has 1 atom stereocenters. The maximum Gasteiger partial charge on any atom is 0.267 e. The first kappa shape index (κ1) is 17.2. The Morgan fingerprint density at radius 2 is 2.12 bits per heavy atom. The van der Waals surface area contributed by atoms with Crippen molar-refractivity contribution in [3.05, 3.63) is 27.7 Å². The van der Waals surface area contributed by atoms with Gasteiger partial charge in [0.2, 0.25) is 0 Å². The number of rotatable bonds is 6. The van der Waals surface area contributed by atoms with Crippen molar-refractivity contribution in [3.8, 4) is 0 Å². The molecule has 1 aromatic rings. The van der Waals surface area contributed by atoms with Crippen molar-refractivity contribution >= 4 is 0 Å². The molecular weight excluding hydrogens is 316 g/mol. The summed E-state index contributed by atoms with van der Waals surface area (Å²) < 4.78 is 7.08. The van der Waals surface area contributed by atoms with Gasteiger partial charge in [-0.3, -0.25) is 9.69 Å². The number of nitrogens with zero attached hydrogens (tertiary/aromatic N) is 3. The van der Waals surface area contributed by atoms with E-state index in [1.807, 2.05) is 0 Å². The second-order valence-corrected chi connectivity index (χ2v) is 7.70. The zero-order valence-electron chi connectivity index (χ0n) is 15.1. The second kappa shape index (κ2) is 7.98. The molecule has 2 fully saturated rings. The highest BCUT2D eigenvalue weighted by atomic mass is 16.5. The van der Waals surface area contributed by atoms with Crippen LogP contribution in [0.1, 0.15) is 49.8 Å². The smallest absolute Gasteiger partial charge is 0.267 e. The van der Waals surface area contributed by atoms with E-state index in [9.17, 15) is 4.79 Å². The molecule has 1 saturated heterocycles. The molecular formula is C19H30N4O2. The van der Waals surface area contributed by atoms with E-state index in [0.29, 0.717) is 25.8 Å². The van der Waals surface area contributed by atoms with E-state index in [1.165, 1.54) is 38.5 Å². The van der Waals surface area contributed by atoms with Crippen molar-refractivity contribution in [1.29, 1.82) is 0 Å². The van der Waals surface area contributed by atoms with Crippen molar-refractivity contribution in [1.82, 2.24) is 20.0 Å². The molecule has 0 radical (unpaired) electrons. The Morgan fingerprint density at radius 1 is 1.20 bits per heavy atom. The molecule has 3 heterocycles. The van der Waals surface area contributed by atoms with E-state index in [-0.39, 0.29) is 5.56 Å². The average Bonchev–Trinajstić information content (AvgIpc) is 2.59. The summed E-state index contributed by atoms with van der Waals surface area (Å²) in [5, 5.41) is 8.33. The third-order valence-corrected chi connectivity index (χ3v) is 6.00. The second-order valence-electron chi connectivity index (χ2n) is 7.70. The average molecular weight is 346 g/mol. The standard InChI is InChI=1S/C19H30N4O2/c24-19-12-15-14-25-11-7-18(15)21-23(19)10-9-22-8-2-1-6-17(22)13-20-16-4-3-5-16/h12,16-17,20H,1-11,13-14H2. The SMILES string of the molecule is O=c1cc2c(nn1CCN1CCCCC1CNC1CCC1)CCOC2. The predicted octanol–water partition coefficient (Wildman–Crippen LogP) is 1.31. The molecule has 6 heteroatoms. The number of likely N-dealkylation sites (tertiary alicyclic amines) is 1. The Morgan fingerprint density at radius 3 is 2.96 bits per heavy atom. The summed E-state index contributed by atoms with van der Waals surface area (Å²) in [6.07, 6.45) is 8.73. The predicted molar refractivity (Wildman–Crippen MR) is 96.7 cm³/mol. The molecule has 25 heavy (non-hydrogen) atoms. The molecule has 1 aliphatic carbocycles. The van der Waals surface area contributed by atoms with Gasteiger partial charge in [0.15, 0.2) is 0 Å². The zero-order valence-corrected chi connectivity index (χ0v) is 15.1. The van der Waals surface area contributed by atoms with Crippen LogP contribution in [0, 0.1) is 0 Å². The zero-order chi connectivity index (χ0) is 17.1. The van der Waals surface area contributed by atoms with Gasteiger partial charge >= 0.3 is 0 Å². The summed E-state index contributed by atoms with van der Waals surface area (Å²) >= 11 is 0. The third-order valence-electron chi connectivity index (χ3n) is 6.00. The first-order valence-corrected chi connectivity index (χ1v) is 9.95. The lowest BCUT2D eigenvalue weighted by Crippen LogP contribution is -2.50. The van der Waals surface area contributed by atoms with Gasteiger partial charge in [-0.15, -0.1) is 0 Å². The molecule has 0 amide bonds. The molecule has 0 bridgehead atoms. The van der Waals surface area contributed by atoms with Gasteiger partial charge in [0, 0.05) is 43.2 Å². The van der Waals surface area contributed by atoms with Crippen molar-refractivity contribution in [2.24, 2.45) is 0 Å². The summed E-state index contributed by atoms with van der Waals surface area (Å²) in [7, 11) is 0. The maximum atomic E-state index is 12.3. The Kier molecular flexibility index (Phi) is 5.48. The summed E-state index contributed by atoms with van der Waals surface area (Å²) in [5.41, 5.74) is 2.01. The van der Waals surface area contributed by atoms with Gasteiger partial charge in [-0.2, -0.15) is 5.10 Å². The summed E-state index contributed by atoms with van der Waals surface area (Å²) in [6, 6.07) is 3.07.